The number of nitro benzene ring substituents is 1. The van der Waals surface area contributed by atoms with Crippen molar-refractivity contribution < 1.29 is 9.34 Å². The zero-order chi connectivity index (χ0) is 10.8. The minimum Gasteiger partial charge on any atom is -0.464 e. The number of halogens is 1. The Morgan fingerprint density at radius 2 is 2.07 bits per heavy atom. The molecule has 1 heterocycles. The van der Waals surface area contributed by atoms with Crippen molar-refractivity contribution in [1.29, 1.82) is 0 Å². The van der Waals surface area contributed by atoms with Crippen LogP contribution in [0.4, 0.5) is 5.69 Å². The third-order valence-electron chi connectivity index (χ3n) is 1.96. The molecule has 4 nitrogen and oxygen atoms in total. The van der Waals surface area contributed by atoms with Crippen LogP contribution in [0.2, 0.25) is 5.02 Å². The lowest BCUT2D eigenvalue weighted by Gasteiger charge is -2.00. The fraction of sp³-hybridized carbons (Fsp3) is 0. The summed E-state index contributed by atoms with van der Waals surface area (Å²) in [5.74, 6) is 0.434. The summed E-state index contributed by atoms with van der Waals surface area (Å²) in [5.41, 5.74) is 0.256. The molecule has 2 rings (SSSR count). The van der Waals surface area contributed by atoms with E-state index in [0.29, 0.717) is 11.3 Å². The maximum absolute atomic E-state index is 10.8. The van der Waals surface area contributed by atoms with Gasteiger partial charge >= 0.3 is 0 Å². The Morgan fingerprint density at radius 1 is 1.27 bits per heavy atom. The molecule has 0 N–H and O–H groups in total. The third-order valence-corrected chi connectivity index (χ3v) is 2.26. The quantitative estimate of drug-likeness (QED) is 0.578. The first kappa shape index (κ1) is 9.73. The lowest BCUT2D eigenvalue weighted by molar-refractivity contribution is -0.384. The summed E-state index contributed by atoms with van der Waals surface area (Å²) >= 11 is 5.76. The Labute approximate surface area is 90.2 Å². The Balaban J connectivity index is 2.66. The number of hydrogen-bond acceptors (Lipinski definition) is 3. The van der Waals surface area contributed by atoms with E-state index < -0.39 is 4.92 Å². The van der Waals surface area contributed by atoms with Crippen LogP contribution in [-0.2, 0) is 0 Å². The van der Waals surface area contributed by atoms with Gasteiger partial charge in [-0.3, -0.25) is 10.1 Å². The van der Waals surface area contributed by atoms with Crippen molar-refractivity contribution in [2.24, 2.45) is 0 Å². The average molecular weight is 224 g/mol. The molecular weight excluding hydrogens is 218 g/mol. The van der Waals surface area contributed by atoms with Crippen molar-refractivity contribution in [1.82, 2.24) is 0 Å². The second-order valence-corrected chi connectivity index (χ2v) is 3.28. The number of nitrogens with zero attached hydrogens (tertiary/aromatic N) is 1. The van der Waals surface area contributed by atoms with Gasteiger partial charge in [0.15, 0.2) is 0 Å². The van der Waals surface area contributed by atoms with Crippen LogP contribution < -0.4 is 0 Å². The van der Waals surface area contributed by atoms with Gasteiger partial charge in [-0.1, -0.05) is 17.7 Å². The van der Waals surface area contributed by atoms with Gasteiger partial charge in [-0.25, -0.2) is 0 Å². The van der Waals surface area contributed by atoms with Gasteiger partial charge < -0.3 is 4.42 Å². The summed E-state index contributed by atoms with van der Waals surface area (Å²) < 4.78 is 5.10. The van der Waals surface area contributed by atoms with E-state index in [-0.39, 0.29) is 10.7 Å². The molecule has 0 radical (unpaired) electrons. The van der Waals surface area contributed by atoms with E-state index in [9.17, 15) is 10.1 Å². The third kappa shape index (κ3) is 1.71. The second-order valence-electron chi connectivity index (χ2n) is 2.87. The predicted octanol–water partition coefficient (Wildman–Crippen LogP) is 3.51. The van der Waals surface area contributed by atoms with E-state index >= 15 is 0 Å². The van der Waals surface area contributed by atoms with Crippen LogP contribution in [0.25, 0.3) is 11.3 Å². The smallest absolute Gasteiger partial charge is 0.298 e. The van der Waals surface area contributed by atoms with E-state index in [2.05, 4.69) is 0 Å². The van der Waals surface area contributed by atoms with E-state index in [1.807, 2.05) is 0 Å². The molecule has 0 saturated heterocycles. The van der Waals surface area contributed by atoms with Crippen LogP contribution in [-0.4, -0.2) is 4.92 Å². The molecule has 0 amide bonds. The highest BCUT2D eigenvalue weighted by Gasteiger charge is 2.20. The molecule has 0 aliphatic carbocycles. The average Bonchev–Trinajstić information content (AvgIpc) is 2.69. The summed E-state index contributed by atoms with van der Waals surface area (Å²) in [6.45, 7) is 0. The van der Waals surface area contributed by atoms with E-state index in [1.54, 1.807) is 24.3 Å². The molecule has 0 saturated carbocycles. The first-order valence-electron chi connectivity index (χ1n) is 4.17. The number of furan rings is 1. The van der Waals surface area contributed by atoms with Gasteiger partial charge in [-0.05, 0) is 24.3 Å². The topological polar surface area (TPSA) is 56.3 Å². The minimum atomic E-state index is -0.514. The fourth-order valence-electron chi connectivity index (χ4n) is 1.33. The first-order chi connectivity index (χ1) is 7.20. The van der Waals surface area contributed by atoms with Crippen molar-refractivity contribution in [2.45, 2.75) is 0 Å². The SMILES string of the molecule is O=[N+]([O-])c1c(Cl)cccc1-c1ccco1. The number of nitro groups is 1. The predicted molar refractivity (Wildman–Crippen MR) is 55.8 cm³/mol. The van der Waals surface area contributed by atoms with Crippen molar-refractivity contribution in [3.8, 4) is 11.3 Å². The maximum atomic E-state index is 10.8. The number of hydrogen-bond donors (Lipinski definition) is 0. The summed E-state index contributed by atoms with van der Waals surface area (Å²) in [6.07, 6.45) is 1.46. The van der Waals surface area contributed by atoms with Crippen LogP contribution >= 0.6 is 11.6 Å². The highest BCUT2D eigenvalue weighted by atomic mass is 35.5. The lowest BCUT2D eigenvalue weighted by atomic mass is 10.1. The van der Waals surface area contributed by atoms with Crippen LogP contribution in [0, 0.1) is 10.1 Å². The van der Waals surface area contributed by atoms with Crippen molar-refractivity contribution >= 4 is 17.3 Å². The molecule has 0 fully saturated rings. The molecule has 2 aromatic rings. The van der Waals surface area contributed by atoms with Crippen molar-refractivity contribution in [3.63, 3.8) is 0 Å². The van der Waals surface area contributed by atoms with E-state index in [0.717, 1.165) is 0 Å². The molecule has 5 heteroatoms. The second kappa shape index (κ2) is 3.74. The Bertz CT molecular complexity index is 493. The molecule has 1 aromatic carbocycles. The number of benzene rings is 1. The van der Waals surface area contributed by atoms with Crippen molar-refractivity contribution in [3.05, 3.63) is 51.7 Å². The van der Waals surface area contributed by atoms with Gasteiger partial charge in [0, 0.05) is 0 Å². The van der Waals surface area contributed by atoms with Crippen LogP contribution in [0.5, 0.6) is 0 Å². The Hall–Kier alpha value is -1.81. The molecule has 0 spiro atoms. The largest absolute Gasteiger partial charge is 0.464 e. The molecule has 0 unspecified atom stereocenters. The zero-order valence-electron chi connectivity index (χ0n) is 7.51. The summed E-state index contributed by atoms with van der Waals surface area (Å²) in [7, 11) is 0. The summed E-state index contributed by atoms with van der Waals surface area (Å²) in [6, 6.07) is 8.04. The van der Waals surface area contributed by atoms with Crippen LogP contribution in [0.3, 0.4) is 0 Å². The van der Waals surface area contributed by atoms with Crippen LogP contribution in [0.1, 0.15) is 0 Å². The molecule has 0 bridgehead atoms. The summed E-state index contributed by atoms with van der Waals surface area (Å²) in [5, 5.41) is 10.9. The standard InChI is InChI=1S/C10H6ClNO3/c11-8-4-1-3-7(10(8)12(13)14)9-5-2-6-15-9/h1-6H. The monoisotopic (exact) mass is 223 g/mol. The zero-order valence-corrected chi connectivity index (χ0v) is 8.27. The van der Waals surface area contributed by atoms with Gasteiger partial charge in [0.05, 0.1) is 16.7 Å². The van der Waals surface area contributed by atoms with E-state index in [4.69, 9.17) is 16.0 Å². The van der Waals surface area contributed by atoms with Gasteiger partial charge in [0.1, 0.15) is 10.8 Å². The number of rotatable bonds is 2. The number of para-hydroxylation sites is 1. The fourth-order valence-corrected chi connectivity index (χ4v) is 1.58. The molecule has 76 valence electrons. The molecular formula is C10H6ClNO3. The van der Waals surface area contributed by atoms with Crippen LogP contribution in [0.15, 0.2) is 41.0 Å². The van der Waals surface area contributed by atoms with Gasteiger partial charge in [-0.2, -0.15) is 0 Å². The lowest BCUT2D eigenvalue weighted by Crippen LogP contribution is -1.92. The minimum absolute atomic E-state index is 0.105. The highest BCUT2D eigenvalue weighted by molar-refractivity contribution is 6.33. The maximum Gasteiger partial charge on any atom is 0.298 e. The van der Waals surface area contributed by atoms with Crippen molar-refractivity contribution in [2.75, 3.05) is 0 Å². The first-order valence-corrected chi connectivity index (χ1v) is 4.54. The normalized spacial score (nSPS) is 10.2. The van der Waals surface area contributed by atoms with Gasteiger partial charge in [-0.15, -0.1) is 0 Å². The molecule has 0 atom stereocenters. The Kier molecular flexibility index (Phi) is 2.43. The van der Waals surface area contributed by atoms with Gasteiger partial charge in [0.25, 0.3) is 5.69 Å². The molecule has 15 heavy (non-hydrogen) atoms. The molecule has 0 aliphatic rings. The highest BCUT2D eigenvalue weighted by Crippen LogP contribution is 2.35. The Morgan fingerprint density at radius 3 is 2.67 bits per heavy atom. The van der Waals surface area contributed by atoms with Gasteiger partial charge in [0.2, 0.25) is 0 Å². The molecule has 1 aromatic heterocycles. The van der Waals surface area contributed by atoms with E-state index in [1.165, 1.54) is 12.3 Å². The molecule has 0 aliphatic heterocycles. The summed E-state index contributed by atoms with van der Waals surface area (Å²) in [4.78, 5) is 10.3.